The summed E-state index contributed by atoms with van der Waals surface area (Å²) in [6.45, 7) is 3.85. The number of carbonyl (C=O) groups is 1. The van der Waals surface area contributed by atoms with Gasteiger partial charge in [0, 0.05) is 44.5 Å². The highest BCUT2D eigenvalue weighted by Gasteiger charge is 2.28. The van der Waals surface area contributed by atoms with Gasteiger partial charge in [-0.15, -0.1) is 10.2 Å². The first-order valence-corrected chi connectivity index (χ1v) is 9.15. The van der Waals surface area contributed by atoms with Gasteiger partial charge in [-0.25, -0.2) is 0 Å². The van der Waals surface area contributed by atoms with E-state index in [4.69, 9.17) is 4.52 Å². The van der Waals surface area contributed by atoms with Crippen LogP contribution in [0.5, 0.6) is 0 Å². The van der Waals surface area contributed by atoms with Crippen molar-refractivity contribution in [3.63, 3.8) is 0 Å². The third kappa shape index (κ3) is 3.76. The van der Waals surface area contributed by atoms with Crippen LogP contribution in [0.15, 0.2) is 29.0 Å². The van der Waals surface area contributed by atoms with E-state index >= 15 is 0 Å². The van der Waals surface area contributed by atoms with Gasteiger partial charge in [0.05, 0.1) is 12.1 Å². The van der Waals surface area contributed by atoms with Gasteiger partial charge >= 0.3 is 0 Å². The van der Waals surface area contributed by atoms with E-state index in [0.717, 1.165) is 36.7 Å². The van der Waals surface area contributed by atoms with Crippen LogP contribution in [0.3, 0.4) is 0 Å². The van der Waals surface area contributed by atoms with Gasteiger partial charge < -0.3 is 14.0 Å². The summed E-state index contributed by atoms with van der Waals surface area (Å²) in [5, 5.41) is 16.8. The molecule has 1 fully saturated rings. The van der Waals surface area contributed by atoms with E-state index in [1.807, 2.05) is 46.4 Å². The van der Waals surface area contributed by atoms with Crippen LogP contribution in [0.4, 0.5) is 0 Å². The van der Waals surface area contributed by atoms with Gasteiger partial charge in [-0.1, -0.05) is 5.16 Å². The molecule has 1 saturated heterocycles. The van der Waals surface area contributed by atoms with Gasteiger partial charge in [0.25, 0.3) is 0 Å². The Morgan fingerprint density at radius 2 is 2.26 bits per heavy atom. The lowest BCUT2D eigenvalue weighted by atomic mass is 9.96. The van der Waals surface area contributed by atoms with Crippen LogP contribution in [0.1, 0.15) is 41.9 Å². The Hall–Kier alpha value is -2.97. The lowest BCUT2D eigenvalue weighted by Crippen LogP contribution is -2.40. The molecule has 142 valence electrons. The lowest BCUT2D eigenvalue weighted by Gasteiger charge is -2.32. The molecule has 0 aliphatic carbocycles. The minimum absolute atomic E-state index is 0.0646. The van der Waals surface area contributed by atoms with E-state index in [0.29, 0.717) is 18.8 Å². The van der Waals surface area contributed by atoms with Crippen LogP contribution in [0.25, 0.3) is 0 Å². The van der Waals surface area contributed by atoms with Gasteiger partial charge in [0.1, 0.15) is 18.1 Å². The molecule has 1 amide bonds. The minimum atomic E-state index is 0.0646. The predicted molar refractivity (Wildman–Crippen MR) is 95.8 cm³/mol. The zero-order valence-corrected chi connectivity index (χ0v) is 15.6. The van der Waals surface area contributed by atoms with Crippen molar-refractivity contribution in [1.82, 2.24) is 34.6 Å². The Bertz CT molecular complexity index is 912. The SMILES string of the molecule is Cc1cc(CC(=O)N2CCCC(c3nnc(Cn4cccn4)n3C)C2)on1. The number of hydrogen-bond acceptors (Lipinski definition) is 6. The second kappa shape index (κ2) is 7.34. The molecule has 9 nitrogen and oxygen atoms in total. The van der Waals surface area contributed by atoms with Crippen LogP contribution < -0.4 is 0 Å². The zero-order valence-electron chi connectivity index (χ0n) is 15.6. The fraction of sp³-hybridized carbons (Fsp3) is 0.500. The van der Waals surface area contributed by atoms with E-state index in [1.165, 1.54) is 0 Å². The number of aryl methyl sites for hydroxylation is 1. The molecule has 0 spiro atoms. The maximum Gasteiger partial charge on any atom is 0.230 e. The number of aromatic nitrogens is 6. The standard InChI is InChI=1S/C18H23N7O2/c1-13-9-15(27-22-13)10-17(26)24-7-3-5-14(11-24)18-21-20-16(23(18)2)12-25-8-4-6-19-25/h4,6,8-9,14H,3,5,7,10-12H2,1-2H3. The van der Waals surface area contributed by atoms with Crippen molar-refractivity contribution in [3.8, 4) is 0 Å². The molecule has 1 unspecified atom stereocenters. The number of likely N-dealkylation sites (tertiary alicyclic amines) is 1. The van der Waals surface area contributed by atoms with Gasteiger partial charge in [-0.3, -0.25) is 9.48 Å². The third-order valence-electron chi connectivity index (χ3n) is 5.00. The molecule has 0 N–H and O–H groups in total. The zero-order chi connectivity index (χ0) is 18.8. The summed E-state index contributed by atoms with van der Waals surface area (Å²) in [4.78, 5) is 14.5. The van der Waals surface area contributed by atoms with Crippen molar-refractivity contribution < 1.29 is 9.32 Å². The molecular weight excluding hydrogens is 346 g/mol. The van der Waals surface area contributed by atoms with E-state index < -0.39 is 0 Å². The molecule has 0 aromatic carbocycles. The molecule has 3 aromatic heterocycles. The van der Waals surface area contributed by atoms with Crippen molar-refractivity contribution >= 4 is 5.91 Å². The number of carbonyl (C=O) groups excluding carboxylic acids is 1. The maximum atomic E-state index is 12.6. The Labute approximate surface area is 157 Å². The second-order valence-electron chi connectivity index (χ2n) is 7.03. The highest BCUT2D eigenvalue weighted by Crippen LogP contribution is 2.26. The second-order valence-corrected chi connectivity index (χ2v) is 7.03. The van der Waals surface area contributed by atoms with Crippen LogP contribution in [0.2, 0.25) is 0 Å². The molecule has 1 aliphatic heterocycles. The van der Waals surface area contributed by atoms with E-state index in [2.05, 4.69) is 20.5 Å². The fourth-order valence-electron chi connectivity index (χ4n) is 3.58. The first-order chi connectivity index (χ1) is 13.1. The molecule has 0 radical (unpaired) electrons. The number of hydrogen-bond donors (Lipinski definition) is 0. The summed E-state index contributed by atoms with van der Waals surface area (Å²) in [6, 6.07) is 3.70. The van der Waals surface area contributed by atoms with Crippen molar-refractivity contribution in [2.24, 2.45) is 7.05 Å². The number of piperidine rings is 1. The van der Waals surface area contributed by atoms with Gasteiger partial charge in [-0.05, 0) is 25.8 Å². The van der Waals surface area contributed by atoms with Crippen LogP contribution in [-0.2, 0) is 24.8 Å². The molecule has 4 rings (SSSR count). The Morgan fingerprint density at radius 3 is 3.00 bits per heavy atom. The molecule has 0 bridgehead atoms. The summed E-state index contributed by atoms with van der Waals surface area (Å²) < 4.78 is 9.03. The smallest absolute Gasteiger partial charge is 0.230 e. The van der Waals surface area contributed by atoms with Gasteiger partial charge in [-0.2, -0.15) is 5.10 Å². The summed E-state index contributed by atoms with van der Waals surface area (Å²) in [6.07, 6.45) is 5.85. The molecular formula is C18H23N7O2. The number of nitrogens with zero attached hydrogens (tertiary/aromatic N) is 7. The normalized spacial score (nSPS) is 17.4. The van der Waals surface area contributed by atoms with Crippen molar-refractivity contribution in [2.45, 2.75) is 38.6 Å². The summed E-state index contributed by atoms with van der Waals surface area (Å²) in [5.74, 6) is 2.64. The van der Waals surface area contributed by atoms with Gasteiger partial charge in [0.15, 0.2) is 5.82 Å². The molecule has 9 heteroatoms. The molecule has 1 aliphatic rings. The maximum absolute atomic E-state index is 12.6. The van der Waals surface area contributed by atoms with Crippen molar-refractivity contribution in [2.75, 3.05) is 13.1 Å². The monoisotopic (exact) mass is 369 g/mol. The van der Waals surface area contributed by atoms with E-state index in [9.17, 15) is 4.79 Å². The Balaban J connectivity index is 1.43. The number of rotatable bonds is 5. The molecule has 1 atom stereocenters. The summed E-state index contributed by atoms with van der Waals surface area (Å²) >= 11 is 0. The summed E-state index contributed by atoms with van der Waals surface area (Å²) in [7, 11) is 1.98. The first-order valence-electron chi connectivity index (χ1n) is 9.15. The van der Waals surface area contributed by atoms with E-state index in [1.54, 1.807) is 6.20 Å². The molecule has 4 heterocycles. The highest BCUT2D eigenvalue weighted by atomic mass is 16.5. The molecule has 3 aromatic rings. The van der Waals surface area contributed by atoms with Crippen LogP contribution in [0, 0.1) is 6.92 Å². The average molecular weight is 369 g/mol. The van der Waals surface area contributed by atoms with Crippen molar-refractivity contribution in [1.29, 1.82) is 0 Å². The van der Waals surface area contributed by atoms with Crippen molar-refractivity contribution in [3.05, 3.63) is 47.6 Å². The Kier molecular flexibility index (Phi) is 4.74. The average Bonchev–Trinajstić information content (AvgIpc) is 3.39. The highest BCUT2D eigenvalue weighted by molar-refractivity contribution is 5.78. The quantitative estimate of drug-likeness (QED) is 0.673. The topological polar surface area (TPSA) is 94.9 Å². The molecule has 0 saturated carbocycles. The summed E-state index contributed by atoms with van der Waals surface area (Å²) in [5.41, 5.74) is 0.790. The fourth-order valence-corrected chi connectivity index (χ4v) is 3.58. The third-order valence-corrected chi connectivity index (χ3v) is 5.00. The number of amides is 1. The predicted octanol–water partition coefficient (Wildman–Crippen LogP) is 1.31. The largest absolute Gasteiger partial charge is 0.361 e. The lowest BCUT2D eigenvalue weighted by molar-refractivity contribution is -0.132. The first kappa shape index (κ1) is 17.4. The van der Waals surface area contributed by atoms with Gasteiger partial charge in [0.2, 0.25) is 5.91 Å². The molecule has 27 heavy (non-hydrogen) atoms. The minimum Gasteiger partial charge on any atom is -0.361 e. The van der Waals surface area contributed by atoms with E-state index in [-0.39, 0.29) is 18.2 Å². The van der Waals surface area contributed by atoms with Crippen LogP contribution in [-0.4, -0.2) is 53.6 Å². The Morgan fingerprint density at radius 1 is 1.37 bits per heavy atom. The van der Waals surface area contributed by atoms with Crippen LogP contribution >= 0.6 is 0 Å².